The third-order valence-corrected chi connectivity index (χ3v) is 3.64. The minimum atomic E-state index is -0.869. The summed E-state index contributed by atoms with van der Waals surface area (Å²) in [5.74, 6) is 0.623. The molecule has 1 saturated carbocycles. The Balaban J connectivity index is 2.11. The molecule has 104 valence electrons. The van der Waals surface area contributed by atoms with Gasteiger partial charge < -0.3 is 14.9 Å². The van der Waals surface area contributed by atoms with Crippen LogP contribution in [0, 0.1) is 0 Å². The topological polar surface area (TPSA) is 69.6 Å². The van der Waals surface area contributed by atoms with Crippen LogP contribution in [0.25, 0.3) is 0 Å². The van der Waals surface area contributed by atoms with Gasteiger partial charge in [0, 0.05) is 26.2 Å². The molecule has 1 aromatic heterocycles. The number of carbonyl (C=O) groups is 1. The van der Waals surface area contributed by atoms with Crippen molar-refractivity contribution in [3.8, 4) is 0 Å². The quantitative estimate of drug-likeness (QED) is 0.866. The molecule has 1 aliphatic carbocycles. The molecule has 1 heterocycles. The van der Waals surface area contributed by atoms with Crippen LogP contribution in [0.1, 0.15) is 25.7 Å². The summed E-state index contributed by atoms with van der Waals surface area (Å²) in [6, 6.07) is 2.38. The summed E-state index contributed by atoms with van der Waals surface area (Å²) >= 11 is 0. The number of aromatic nitrogens is 2. The molecule has 0 saturated heterocycles. The number of nitrogens with zero attached hydrogens (tertiary/aromatic N) is 4. The highest BCUT2D eigenvalue weighted by atomic mass is 16.4. The first-order valence-corrected chi connectivity index (χ1v) is 6.55. The van der Waals surface area contributed by atoms with Gasteiger partial charge in [0.2, 0.25) is 0 Å². The largest absolute Gasteiger partial charge is 0.480 e. The van der Waals surface area contributed by atoms with Gasteiger partial charge >= 0.3 is 5.97 Å². The minimum Gasteiger partial charge on any atom is -0.480 e. The van der Waals surface area contributed by atoms with Gasteiger partial charge in [-0.05, 0) is 12.8 Å². The van der Waals surface area contributed by atoms with E-state index in [1.165, 1.54) is 32.0 Å². The molecule has 6 nitrogen and oxygen atoms in total. The molecule has 0 bridgehead atoms. The summed E-state index contributed by atoms with van der Waals surface area (Å²) < 4.78 is 0. The molecule has 0 aromatic carbocycles. The summed E-state index contributed by atoms with van der Waals surface area (Å²) in [4.78, 5) is 22.9. The number of aliphatic carboxylic acids is 1. The predicted molar refractivity (Wildman–Crippen MR) is 73.6 cm³/mol. The lowest BCUT2D eigenvalue weighted by molar-refractivity contribution is -0.135. The third kappa shape index (κ3) is 3.33. The van der Waals surface area contributed by atoms with E-state index in [0.717, 1.165) is 5.82 Å². The van der Waals surface area contributed by atoms with Gasteiger partial charge in [-0.3, -0.25) is 4.79 Å². The van der Waals surface area contributed by atoms with Crippen LogP contribution in [-0.2, 0) is 4.79 Å². The van der Waals surface area contributed by atoms with E-state index in [0.29, 0.717) is 11.9 Å². The Hall–Kier alpha value is -1.85. The van der Waals surface area contributed by atoms with Crippen molar-refractivity contribution >= 4 is 17.6 Å². The maximum Gasteiger partial charge on any atom is 0.323 e. The Morgan fingerprint density at radius 1 is 1.32 bits per heavy atom. The first kappa shape index (κ1) is 13.6. The summed E-state index contributed by atoms with van der Waals surface area (Å²) in [5.41, 5.74) is 0. The number of rotatable bonds is 5. The van der Waals surface area contributed by atoms with E-state index >= 15 is 0 Å². The highest BCUT2D eigenvalue weighted by Gasteiger charge is 2.21. The second-order valence-corrected chi connectivity index (χ2v) is 5.03. The normalized spacial score (nSPS) is 15.5. The lowest BCUT2D eigenvalue weighted by atomic mass is 10.2. The fourth-order valence-corrected chi connectivity index (χ4v) is 2.50. The molecule has 2 rings (SSSR count). The Morgan fingerprint density at radius 3 is 2.58 bits per heavy atom. The average molecular weight is 264 g/mol. The number of anilines is 2. The van der Waals surface area contributed by atoms with Crippen LogP contribution >= 0.6 is 0 Å². The minimum absolute atomic E-state index is 0.0659. The maximum absolute atomic E-state index is 10.7. The lowest BCUT2D eigenvalue weighted by Gasteiger charge is -2.26. The van der Waals surface area contributed by atoms with Gasteiger partial charge in [0.1, 0.15) is 24.5 Å². The number of hydrogen-bond donors (Lipinski definition) is 1. The van der Waals surface area contributed by atoms with Gasteiger partial charge in [-0.1, -0.05) is 12.8 Å². The molecule has 1 N–H and O–H groups in total. The second kappa shape index (κ2) is 5.86. The van der Waals surface area contributed by atoms with Gasteiger partial charge in [0.25, 0.3) is 0 Å². The highest BCUT2D eigenvalue weighted by molar-refractivity contribution is 5.73. The Kier molecular flexibility index (Phi) is 4.19. The summed E-state index contributed by atoms with van der Waals surface area (Å²) in [6.07, 6.45) is 6.42. The molecule has 19 heavy (non-hydrogen) atoms. The van der Waals surface area contributed by atoms with Crippen molar-refractivity contribution in [1.29, 1.82) is 0 Å². The second-order valence-electron chi connectivity index (χ2n) is 5.03. The number of hydrogen-bond acceptors (Lipinski definition) is 5. The zero-order valence-electron chi connectivity index (χ0n) is 11.4. The zero-order valence-corrected chi connectivity index (χ0v) is 11.4. The van der Waals surface area contributed by atoms with Crippen molar-refractivity contribution in [1.82, 2.24) is 9.97 Å². The van der Waals surface area contributed by atoms with Gasteiger partial charge in [-0.2, -0.15) is 0 Å². The van der Waals surface area contributed by atoms with Crippen LogP contribution < -0.4 is 9.80 Å². The van der Waals surface area contributed by atoms with Crippen molar-refractivity contribution in [2.75, 3.05) is 30.4 Å². The molecule has 0 spiro atoms. The molecule has 0 atom stereocenters. The Morgan fingerprint density at radius 2 is 1.95 bits per heavy atom. The molecule has 0 aliphatic heterocycles. The maximum atomic E-state index is 10.7. The van der Waals surface area contributed by atoms with Crippen molar-refractivity contribution in [2.24, 2.45) is 0 Å². The number of carboxylic acid groups (broad SMARTS) is 1. The van der Waals surface area contributed by atoms with E-state index < -0.39 is 5.97 Å². The van der Waals surface area contributed by atoms with Crippen LogP contribution in [0.2, 0.25) is 0 Å². The first-order valence-electron chi connectivity index (χ1n) is 6.55. The molecular weight excluding hydrogens is 244 g/mol. The zero-order chi connectivity index (χ0) is 13.8. The summed E-state index contributed by atoms with van der Waals surface area (Å²) in [5, 5.41) is 8.80. The molecule has 1 fully saturated rings. The van der Waals surface area contributed by atoms with Crippen LogP contribution in [0.3, 0.4) is 0 Å². The molecule has 0 unspecified atom stereocenters. The Labute approximate surface area is 113 Å². The monoisotopic (exact) mass is 264 g/mol. The molecular formula is C13H20N4O2. The van der Waals surface area contributed by atoms with E-state index in [1.54, 1.807) is 11.9 Å². The smallest absolute Gasteiger partial charge is 0.323 e. The molecule has 1 aromatic rings. The average Bonchev–Trinajstić information content (AvgIpc) is 2.91. The van der Waals surface area contributed by atoms with Gasteiger partial charge in [-0.15, -0.1) is 0 Å². The van der Waals surface area contributed by atoms with E-state index in [4.69, 9.17) is 5.11 Å². The van der Waals surface area contributed by atoms with Gasteiger partial charge in [0.05, 0.1) is 0 Å². The Bertz CT molecular complexity index is 446. The number of likely N-dealkylation sites (N-methyl/N-ethyl adjacent to an activating group) is 1. The SMILES string of the molecule is CN(CC(=O)O)c1cc(N(C)C2CCCC2)ncn1. The van der Waals surface area contributed by atoms with Crippen LogP contribution in [0.5, 0.6) is 0 Å². The van der Waals surface area contributed by atoms with E-state index in [1.807, 2.05) is 13.1 Å². The van der Waals surface area contributed by atoms with Crippen molar-refractivity contribution < 1.29 is 9.90 Å². The highest BCUT2D eigenvalue weighted by Crippen LogP contribution is 2.26. The van der Waals surface area contributed by atoms with E-state index in [9.17, 15) is 4.79 Å². The first-order chi connectivity index (χ1) is 9.08. The molecule has 0 amide bonds. The third-order valence-electron chi connectivity index (χ3n) is 3.64. The van der Waals surface area contributed by atoms with Crippen molar-refractivity contribution in [2.45, 2.75) is 31.7 Å². The standard InChI is InChI=1S/C13H20N4O2/c1-16(8-13(18)19)11-7-12(15-9-14-11)17(2)10-5-3-4-6-10/h7,9-10H,3-6,8H2,1-2H3,(H,18,19). The van der Waals surface area contributed by atoms with E-state index in [2.05, 4.69) is 14.9 Å². The van der Waals surface area contributed by atoms with Crippen LogP contribution in [0.15, 0.2) is 12.4 Å². The van der Waals surface area contributed by atoms with Crippen molar-refractivity contribution in [3.63, 3.8) is 0 Å². The predicted octanol–water partition coefficient (Wildman–Crippen LogP) is 1.38. The van der Waals surface area contributed by atoms with Crippen LogP contribution in [0.4, 0.5) is 11.6 Å². The lowest BCUT2D eigenvalue weighted by Crippen LogP contribution is -2.30. The van der Waals surface area contributed by atoms with Gasteiger partial charge in [0.15, 0.2) is 0 Å². The van der Waals surface area contributed by atoms with Crippen LogP contribution in [-0.4, -0.2) is 47.7 Å². The van der Waals surface area contributed by atoms with Crippen molar-refractivity contribution in [3.05, 3.63) is 12.4 Å². The molecule has 6 heteroatoms. The fourth-order valence-electron chi connectivity index (χ4n) is 2.50. The van der Waals surface area contributed by atoms with Gasteiger partial charge in [-0.25, -0.2) is 9.97 Å². The molecule has 0 radical (unpaired) electrons. The summed E-state index contributed by atoms with van der Waals surface area (Å²) in [6.45, 7) is -0.0659. The van der Waals surface area contributed by atoms with E-state index in [-0.39, 0.29) is 6.54 Å². The summed E-state index contributed by atoms with van der Waals surface area (Å²) in [7, 11) is 3.76. The number of carboxylic acids is 1. The fraction of sp³-hybridized carbons (Fsp3) is 0.615. The molecule has 1 aliphatic rings.